The van der Waals surface area contributed by atoms with Gasteiger partial charge in [0.1, 0.15) is 0 Å². The molecule has 0 amide bonds. The summed E-state index contributed by atoms with van der Waals surface area (Å²) in [6.45, 7) is 6.22. The van der Waals surface area contributed by atoms with Crippen LogP contribution in [0.1, 0.15) is 38.7 Å². The molecule has 0 radical (unpaired) electrons. The molecule has 5 heteroatoms. The number of nitrogens with zero attached hydrogens (tertiary/aromatic N) is 1. The Morgan fingerprint density at radius 3 is 2.96 bits per heavy atom. The van der Waals surface area contributed by atoms with Gasteiger partial charge in [0.2, 0.25) is 0 Å². The molecule has 1 saturated heterocycles. The van der Waals surface area contributed by atoms with Crippen molar-refractivity contribution in [2.24, 2.45) is 11.8 Å². The number of hydrogen-bond acceptors (Lipinski definition) is 4. The predicted octanol–water partition coefficient (Wildman–Crippen LogP) is 5.66. The first-order valence-corrected chi connectivity index (χ1v) is 10.3. The van der Waals surface area contributed by atoms with E-state index in [2.05, 4.69) is 36.3 Å². The van der Waals surface area contributed by atoms with Crippen LogP contribution in [-0.2, 0) is 11.2 Å². The van der Waals surface area contributed by atoms with E-state index >= 15 is 0 Å². The van der Waals surface area contributed by atoms with E-state index in [1.807, 2.05) is 23.7 Å². The van der Waals surface area contributed by atoms with Crippen LogP contribution in [-0.4, -0.2) is 23.7 Å². The Hall–Kier alpha value is -1.10. The maximum atomic E-state index is 6.43. The van der Waals surface area contributed by atoms with Crippen molar-refractivity contribution in [3.63, 3.8) is 0 Å². The van der Waals surface area contributed by atoms with Crippen molar-refractivity contribution < 1.29 is 4.74 Å². The molecule has 136 valence electrons. The van der Waals surface area contributed by atoms with E-state index in [9.17, 15) is 0 Å². The number of benzene rings is 1. The summed E-state index contributed by atoms with van der Waals surface area (Å²) in [6, 6.07) is 8.24. The minimum atomic E-state index is -0.0234. The van der Waals surface area contributed by atoms with E-state index in [1.54, 1.807) is 11.3 Å². The van der Waals surface area contributed by atoms with Crippen LogP contribution in [0.25, 0.3) is 0 Å². The van der Waals surface area contributed by atoms with Crippen molar-refractivity contribution >= 4 is 28.1 Å². The Morgan fingerprint density at radius 2 is 2.24 bits per heavy atom. The highest BCUT2D eigenvalue weighted by Crippen LogP contribution is 2.37. The molecule has 0 saturated carbocycles. The highest BCUT2D eigenvalue weighted by Gasteiger charge is 2.33. The first-order valence-electron chi connectivity index (χ1n) is 9.04. The zero-order valence-electron chi connectivity index (χ0n) is 15.0. The minimum Gasteiger partial charge on any atom is -0.376 e. The molecule has 1 aliphatic rings. The van der Waals surface area contributed by atoms with Crippen LogP contribution in [0.5, 0.6) is 0 Å². The Kier molecular flexibility index (Phi) is 6.37. The molecule has 1 fully saturated rings. The first kappa shape index (κ1) is 18.7. The zero-order chi connectivity index (χ0) is 17.7. The van der Waals surface area contributed by atoms with Crippen molar-refractivity contribution in [3.8, 4) is 0 Å². The van der Waals surface area contributed by atoms with Crippen molar-refractivity contribution in [1.82, 2.24) is 4.98 Å². The molecular formula is C20H27ClN2OS. The molecular weight excluding hydrogens is 352 g/mol. The van der Waals surface area contributed by atoms with Gasteiger partial charge >= 0.3 is 0 Å². The first-order chi connectivity index (χ1) is 12.0. The van der Waals surface area contributed by atoms with E-state index in [0.717, 1.165) is 49.0 Å². The number of hydrogen-bond donors (Lipinski definition) is 1. The molecule has 0 spiro atoms. The standard InChI is InChI=1S/C20H27ClN2OS/c1-20(2)14-17(8-11-24-20)15(7-9-22-19-23-10-12-25-19)13-16-5-3-4-6-18(16)21/h3-6,10,12,15,17H,7-9,11,13-14H2,1-2H3,(H,22,23)/t15-,17-/m0/s1. The van der Waals surface area contributed by atoms with E-state index in [4.69, 9.17) is 16.3 Å². The highest BCUT2D eigenvalue weighted by atomic mass is 35.5. The lowest BCUT2D eigenvalue weighted by Crippen LogP contribution is -2.37. The fourth-order valence-corrected chi connectivity index (χ4v) is 4.58. The lowest BCUT2D eigenvalue weighted by atomic mass is 9.75. The normalized spacial score (nSPS) is 21.0. The van der Waals surface area contributed by atoms with E-state index in [-0.39, 0.29) is 5.60 Å². The quantitative estimate of drug-likeness (QED) is 0.674. The van der Waals surface area contributed by atoms with Gasteiger partial charge in [-0.2, -0.15) is 0 Å². The Balaban J connectivity index is 1.67. The molecule has 1 N–H and O–H groups in total. The van der Waals surface area contributed by atoms with Crippen LogP contribution in [0.3, 0.4) is 0 Å². The van der Waals surface area contributed by atoms with Gasteiger partial charge in [-0.3, -0.25) is 0 Å². The topological polar surface area (TPSA) is 34.2 Å². The molecule has 3 nitrogen and oxygen atoms in total. The van der Waals surface area contributed by atoms with Crippen molar-refractivity contribution in [3.05, 3.63) is 46.4 Å². The molecule has 2 heterocycles. The number of halogens is 1. The van der Waals surface area contributed by atoms with Gasteiger partial charge in [-0.15, -0.1) is 11.3 Å². The van der Waals surface area contributed by atoms with Gasteiger partial charge in [-0.1, -0.05) is 29.8 Å². The fourth-order valence-electron chi connectivity index (χ4n) is 3.81. The number of nitrogens with one attached hydrogen (secondary N) is 1. The molecule has 0 aliphatic carbocycles. The van der Waals surface area contributed by atoms with Gasteiger partial charge in [0.05, 0.1) is 5.60 Å². The van der Waals surface area contributed by atoms with Crippen LogP contribution < -0.4 is 5.32 Å². The van der Waals surface area contributed by atoms with Crippen LogP contribution in [0.15, 0.2) is 35.8 Å². The maximum absolute atomic E-state index is 6.43. The third-order valence-corrected chi connectivity index (χ3v) is 6.17. The summed E-state index contributed by atoms with van der Waals surface area (Å²) in [4.78, 5) is 4.31. The molecule has 1 aliphatic heterocycles. The Bertz CT molecular complexity index is 659. The van der Waals surface area contributed by atoms with Crippen LogP contribution in [0.2, 0.25) is 5.02 Å². The average Bonchev–Trinajstić information content (AvgIpc) is 3.08. The van der Waals surface area contributed by atoms with Gasteiger partial charge < -0.3 is 10.1 Å². The summed E-state index contributed by atoms with van der Waals surface area (Å²) >= 11 is 8.08. The lowest BCUT2D eigenvalue weighted by molar-refractivity contribution is -0.0828. The van der Waals surface area contributed by atoms with Gasteiger partial charge in [0.25, 0.3) is 0 Å². The van der Waals surface area contributed by atoms with Crippen molar-refractivity contribution in [2.75, 3.05) is 18.5 Å². The summed E-state index contributed by atoms with van der Waals surface area (Å²) in [5, 5.41) is 7.35. The van der Waals surface area contributed by atoms with Gasteiger partial charge in [-0.05, 0) is 63.0 Å². The van der Waals surface area contributed by atoms with E-state index in [0.29, 0.717) is 11.8 Å². The summed E-state index contributed by atoms with van der Waals surface area (Å²) in [6.07, 6.45) is 6.23. The predicted molar refractivity (Wildman–Crippen MR) is 107 cm³/mol. The molecule has 0 bridgehead atoms. The molecule has 25 heavy (non-hydrogen) atoms. The molecule has 3 rings (SSSR count). The summed E-state index contributed by atoms with van der Waals surface area (Å²) in [7, 11) is 0. The SMILES string of the molecule is CC1(C)C[C@@H]([C@@H](CCNc2nccs2)Cc2ccccc2Cl)CCO1. The second-order valence-corrected chi connectivity index (χ2v) is 8.77. The van der Waals surface area contributed by atoms with Gasteiger partial charge in [0.15, 0.2) is 5.13 Å². The number of ether oxygens (including phenoxy) is 1. The lowest BCUT2D eigenvalue weighted by Gasteiger charge is -2.39. The van der Waals surface area contributed by atoms with Gasteiger partial charge in [-0.25, -0.2) is 4.98 Å². The monoisotopic (exact) mass is 378 g/mol. The molecule has 2 aromatic rings. The van der Waals surface area contributed by atoms with Crippen LogP contribution in [0, 0.1) is 11.8 Å². The third kappa shape index (κ3) is 5.44. The number of rotatable bonds is 7. The number of anilines is 1. The van der Waals surface area contributed by atoms with Crippen LogP contribution >= 0.6 is 22.9 Å². The third-order valence-electron chi connectivity index (χ3n) is 5.07. The largest absolute Gasteiger partial charge is 0.376 e. The van der Waals surface area contributed by atoms with E-state index in [1.165, 1.54) is 5.56 Å². The summed E-state index contributed by atoms with van der Waals surface area (Å²) < 4.78 is 5.93. The maximum Gasteiger partial charge on any atom is 0.182 e. The molecule has 1 aromatic heterocycles. The Labute approximate surface area is 159 Å². The van der Waals surface area contributed by atoms with E-state index < -0.39 is 0 Å². The number of aromatic nitrogens is 1. The van der Waals surface area contributed by atoms with Crippen LogP contribution in [0.4, 0.5) is 5.13 Å². The molecule has 1 aromatic carbocycles. The number of thiazole rings is 1. The van der Waals surface area contributed by atoms with Crippen molar-refractivity contribution in [1.29, 1.82) is 0 Å². The second-order valence-electron chi connectivity index (χ2n) is 7.47. The zero-order valence-corrected chi connectivity index (χ0v) is 16.6. The smallest absolute Gasteiger partial charge is 0.182 e. The summed E-state index contributed by atoms with van der Waals surface area (Å²) in [5.74, 6) is 1.26. The Morgan fingerprint density at radius 1 is 1.40 bits per heavy atom. The fraction of sp³-hybridized carbons (Fsp3) is 0.550. The van der Waals surface area contributed by atoms with Crippen molar-refractivity contribution in [2.45, 2.75) is 45.1 Å². The average molecular weight is 379 g/mol. The minimum absolute atomic E-state index is 0.0234. The van der Waals surface area contributed by atoms with Gasteiger partial charge in [0, 0.05) is 29.8 Å². The molecule has 0 unspecified atom stereocenters. The highest BCUT2D eigenvalue weighted by molar-refractivity contribution is 7.13. The molecule has 2 atom stereocenters. The summed E-state index contributed by atoms with van der Waals surface area (Å²) in [5.41, 5.74) is 1.23. The second kappa shape index (κ2) is 8.52.